The molecule has 0 fully saturated rings. The van der Waals surface area contributed by atoms with E-state index in [1.54, 1.807) is 10.6 Å². The first-order valence-corrected chi connectivity index (χ1v) is 8.61. The van der Waals surface area contributed by atoms with E-state index >= 15 is 0 Å². The highest BCUT2D eigenvalue weighted by molar-refractivity contribution is 14.1. The Morgan fingerprint density at radius 2 is 2.00 bits per heavy atom. The van der Waals surface area contributed by atoms with Gasteiger partial charge in [-0.15, -0.1) is 0 Å². The average molecular weight is 442 g/mol. The number of carbonyl (C=O) groups is 1. The summed E-state index contributed by atoms with van der Waals surface area (Å²) in [7, 11) is 0. The van der Waals surface area contributed by atoms with Crippen LogP contribution in [0.4, 0.5) is 10.3 Å². The maximum absolute atomic E-state index is 14.3. The van der Waals surface area contributed by atoms with E-state index in [9.17, 15) is 9.18 Å². The fourth-order valence-corrected chi connectivity index (χ4v) is 2.86. The first kappa shape index (κ1) is 18.6. The van der Waals surface area contributed by atoms with Crippen LogP contribution in [-0.2, 0) is 10.3 Å². The van der Waals surface area contributed by atoms with E-state index in [0.717, 1.165) is 6.07 Å². The Balaban J connectivity index is 2.60. The van der Waals surface area contributed by atoms with Crippen molar-refractivity contribution in [1.29, 1.82) is 5.26 Å². The second kappa shape index (κ2) is 6.31. The summed E-state index contributed by atoms with van der Waals surface area (Å²) in [6.07, 6.45) is 0.312. The van der Waals surface area contributed by atoms with E-state index in [1.165, 1.54) is 0 Å². The lowest BCUT2D eigenvalue weighted by atomic mass is 10.1. The van der Waals surface area contributed by atoms with Crippen LogP contribution in [0, 0.1) is 17.1 Å². The van der Waals surface area contributed by atoms with E-state index in [2.05, 4.69) is 32.9 Å². The third-order valence-electron chi connectivity index (χ3n) is 3.35. The molecule has 0 saturated heterocycles. The number of nitrogens with zero attached hydrogens (tertiary/aromatic N) is 3. The summed E-state index contributed by atoms with van der Waals surface area (Å²) in [5.74, 6) is -0.468. The molecular formula is C17H20FIN4O. The fourth-order valence-electron chi connectivity index (χ4n) is 2.51. The SMILES string of the molecule is CC(C)(I)CC(=O)Nc1nc2c(F)cc(C#N)cc2n1C(C)(C)C. The Morgan fingerprint density at radius 1 is 1.38 bits per heavy atom. The third-order valence-corrected chi connectivity index (χ3v) is 3.73. The summed E-state index contributed by atoms with van der Waals surface area (Å²) in [4.78, 5) is 16.5. The molecule has 0 bridgehead atoms. The smallest absolute Gasteiger partial charge is 0.227 e. The van der Waals surface area contributed by atoms with Crippen molar-refractivity contribution >= 4 is 45.5 Å². The van der Waals surface area contributed by atoms with Gasteiger partial charge in [-0.2, -0.15) is 5.26 Å². The van der Waals surface area contributed by atoms with E-state index < -0.39 is 11.4 Å². The molecule has 0 unspecified atom stereocenters. The largest absolute Gasteiger partial charge is 0.304 e. The number of halogens is 2. The maximum Gasteiger partial charge on any atom is 0.227 e. The molecule has 0 aliphatic heterocycles. The van der Waals surface area contributed by atoms with Gasteiger partial charge in [0.05, 0.1) is 17.1 Å². The molecule has 0 spiro atoms. The zero-order valence-corrected chi connectivity index (χ0v) is 16.5. The Hall–Kier alpha value is -1.69. The van der Waals surface area contributed by atoms with Gasteiger partial charge < -0.3 is 4.57 Å². The van der Waals surface area contributed by atoms with Gasteiger partial charge in [-0.1, -0.05) is 36.4 Å². The Bertz CT molecular complexity index is 837. The molecule has 1 heterocycles. The molecule has 24 heavy (non-hydrogen) atoms. The number of amides is 1. The molecule has 0 aliphatic carbocycles. The van der Waals surface area contributed by atoms with Gasteiger partial charge in [0, 0.05) is 15.4 Å². The number of anilines is 1. The van der Waals surface area contributed by atoms with Crippen LogP contribution in [0.3, 0.4) is 0 Å². The third kappa shape index (κ3) is 4.04. The predicted octanol–water partition coefficient (Wildman–Crippen LogP) is 4.34. The number of hydrogen-bond donors (Lipinski definition) is 1. The molecule has 1 N–H and O–H groups in total. The van der Waals surface area contributed by atoms with Crippen molar-refractivity contribution in [2.75, 3.05) is 5.32 Å². The molecular weight excluding hydrogens is 422 g/mol. The molecule has 2 rings (SSSR count). The number of fused-ring (bicyclic) bond motifs is 1. The number of benzene rings is 1. The number of imidazole rings is 1. The standard InChI is InChI=1S/C17H20FIN4O/c1-16(2,3)23-12-7-10(9-20)6-11(18)14(12)22-15(23)21-13(24)8-17(4,5)19/h6-7H,8H2,1-5H3,(H,21,22,24). The van der Waals surface area contributed by atoms with Gasteiger partial charge in [0.2, 0.25) is 11.9 Å². The van der Waals surface area contributed by atoms with Crippen LogP contribution in [0.1, 0.15) is 46.6 Å². The number of aromatic nitrogens is 2. The van der Waals surface area contributed by atoms with E-state index in [-0.39, 0.29) is 26.4 Å². The second-order valence-corrected chi connectivity index (χ2v) is 10.2. The van der Waals surface area contributed by atoms with Crippen molar-refractivity contribution in [1.82, 2.24) is 9.55 Å². The van der Waals surface area contributed by atoms with Gasteiger partial charge in [0.1, 0.15) is 5.52 Å². The Kier molecular flexibility index (Phi) is 4.91. The van der Waals surface area contributed by atoms with Crippen molar-refractivity contribution in [2.45, 2.75) is 50.0 Å². The monoisotopic (exact) mass is 442 g/mol. The summed E-state index contributed by atoms with van der Waals surface area (Å²) in [6.45, 7) is 9.71. The molecule has 7 heteroatoms. The minimum Gasteiger partial charge on any atom is -0.304 e. The molecule has 128 valence electrons. The van der Waals surface area contributed by atoms with Crippen LogP contribution in [0.25, 0.3) is 11.0 Å². The first-order valence-electron chi connectivity index (χ1n) is 7.54. The highest BCUT2D eigenvalue weighted by atomic mass is 127. The molecule has 0 radical (unpaired) electrons. The van der Waals surface area contributed by atoms with Crippen molar-refractivity contribution in [3.05, 3.63) is 23.5 Å². The van der Waals surface area contributed by atoms with Gasteiger partial charge >= 0.3 is 0 Å². The van der Waals surface area contributed by atoms with E-state index in [0.29, 0.717) is 11.9 Å². The van der Waals surface area contributed by atoms with Gasteiger partial charge in [0.15, 0.2) is 5.82 Å². The van der Waals surface area contributed by atoms with Crippen molar-refractivity contribution in [2.24, 2.45) is 0 Å². The fraction of sp³-hybridized carbons (Fsp3) is 0.471. The van der Waals surface area contributed by atoms with E-state index in [1.807, 2.05) is 40.7 Å². The molecule has 2 aromatic rings. The van der Waals surface area contributed by atoms with Crippen molar-refractivity contribution in [3.63, 3.8) is 0 Å². The lowest BCUT2D eigenvalue weighted by Crippen LogP contribution is -2.28. The first-order chi connectivity index (χ1) is 10.9. The average Bonchev–Trinajstić information content (AvgIpc) is 2.74. The number of rotatable bonds is 3. The summed E-state index contributed by atoms with van der Waals surface area (Å²) >= 11 is 2.20. The van der Waals surface area contributed by atoms with Crippen LogP contribution in [0.15, 0.2) is 12.1 Å². The molecule has 1 aromatic carbocycles. The number of hydrogen-bond acceptors (Lipinski definition) is 3. The molecule has 1 amide bonds. The minimum absolute atomic E-state index is 0.146. The molecule has 0 atom stereocenters. The molecule has 0 saturated carbocycles. The van der Waals surface area contributed by atoms with Gasteiger partial charge in [-0.25, -0.2) is 9.37 Å². The van der Waals surface area contributed by atoms with Crippen LogP contribution in [0.5, 0.6) is 0 Å². The van der Waals surface area contributed by atoms with Gasteiger partial charge in [0.25, 0.3) is 0 Å². The number of carbonyl (C=O) groups excluding carboxylic acids is 1. The van der Waals surface area contributed by atoms with Crippen molar-refractivity contribution in [3.8, 4) is 6.07 Å². The Morgan fingerprint density at radius 3 is 2.50 bits per heavy atom. The highest BCUT2D eigenvalue weighted by Crippen LogP contribution is 2.31. The number of alkyl halides is 1. The summed E-state index contributed by atoms with van der Waals surface area (Å²) in [6, 6.07) is 4.70. The Labute approximate surface area is 154 Å². The summed E-state index contributed by atoms with van der Waals surface area (Å²) in [5.41, 5.74) is 0.408. The van der Waals surface area contributed by atoms with Crippen molar-refractivity contribution < 1.29 is 9.18 Å². The zero-order chi connectivity index (χ0) is 18.3. The topological polar surface area (TPSA) is 70.7 Å². The van der Waals surface area contributed by atoms with Crippen LogP contribution < -0.4 is 5.32 Å². The number of nitriles is 1. The van der Waals surface area contributed by atoms with Gasteiger partial charge in [-0.3, -0.25) is 10.1 Å². The highest BCUT2D eigenvalue weighted by Gasteiger charge is 2.26. The quantitative estimate of drug-likeness (QED) is 0.568. The second-order valence-electron chi connectivity index (χ2n) is 7.32. The lowest BCUT2D eigenvalue weighted by Gasteiger charge is -2.25. The maximum atomic E-state index is 14.3. The zero-order valence-electron chi connectivity index (χ0n) is 14.4. The summed E-state index contributed by atoms with van der Waals surface area (Å²) in [5, 5.41) is 11.9. The number of nitrogens with one attached hydrogen (secondary N) is 1. The van der Waals surface area contributed by atoms with Crippen LogP contribution >= 0.6 is 22.6 Å². The van der Waals surface area contributed by atoms with Crippen LogP contribution in [-0.4, -0.2) is 18.9 Å². The molecule has 5 nitrogen and oxygen atoms in total. The summed E-state index contributed by atoms with van der Waals surface area (Å²) < 4.78 is 15.8. The predicted molar refractivity (Wildman–Crippen MR) is 101 cm³/mol. The minimum atomic E-state index is -0.572. The normalized spacial score (nSPS) is 12.2. The van der Waals surface area contributed by atoms with Crippen LogP contribution in [0.2, 0.25) is 0 Å². The van der Waals surface area contributed by atoms with Gasteiger partial charge in [-0.05, 0) is 32.9 Å². The molecule has 1 aromatic heterocycles. The van der Waals surface area contributed by atoms with E-state index in [4.69, 9.17) is 5.26 Å². The molecule has 0 aliphatic rings. The lowest BCUT2D eigenvalue weighted by molar-refractivity contribution is -0.116.